The number of nitrogens with zero attached hydrogens (tertiary/aromatic N) is 10. The summed E-state index contributed by atoms with van der Waals surface area (Å²) in [4.78, 5) is 81.6. The van der Waals surface area contributed by atoms with Gasteiger partial charge in [0.05, 0.1) is 13.7 Å². The molecule has 6 aromatic rings. The number of rotatable bonds is 14. The first kappa shape index (κ1) is 80.5. The molecule has 5 heterocycles. The number of piperazine rings is 5. The van der Waals surface area contributed by atoms with Gasteiger partial charge in [0.15, 0.2) is 0 Å². The number of carbonyl (C=O) groups excluding carboxylic acids is 5. The molecular weight excluding hydrogens is 1320 g/mol. The molecule has 0 bridgehead atoms. The molecule has 0 aliphatic carbocycles. The van der Waals surface area contributed by atoms with Crippen molar-refractivity contribution in [3.8, 4) is 17.2 Å². The van der Waals surface area contributed by atoms with E-state index in [9.17, 15) is 37.1 Å². The molecule has 5 aliphatic rings. The van der Waals surface area contributed by atoms with Gasteiger partial charge in [0, 0.05) is 168 Å². The van der Waals surface area contributed by atoms with E-state index in [1.54, 1.807) is 90.2 Å². The molecule has 5 saturated heterocycles. The Morgan fingerprint density at radius 3 is 1.10 bits per heavy atom. The fourth-order valence-corrected chi connectivity index (χ4v) is 11.7. The van der Waals surface area contributed by atoms with Crippen LogP contribution in [0.1, 0.15) is 44.5 Å². The van der Waals surface area contributed by atoms with E-state index in [0.717, 1.165) is 134 Å². The van der Waals surface area contributed by atoms with E-state index in [2.05, 4.69) is 128 Å². The van der Waals surface area contributed by atoms with Gasteiger partial charge in [-0.2, -0.15) is 0 Å². The normalized spacial score (nSPS) is 16.0. The monoisotopic (exact) mass is 1430 g/mol. The van der Waals surface area contributed by atoms with Crippen molar-refractivity contribution >= 4 is 41.9 Å². The molecule has 11 rings (SSSR count). The van der Waals surface area contributed by atoms with Gasteiger partial charge >= 0.3 is 30.2 Å². The first-order chi connectivity index (χ1) is 49.0. The molecule has 22 nitrogen and oxygen atoms in total. The van der Waals surface area contributed by atoms with Crippen molar-refractivity contribution in [1.29, 1.82) is 0 Å². The Hall–Kier alpha value is -8.79. The zero-order chi connectivity index (χ0) is 73.5. The number of hydrogen-bond acceptors (Lipinski definition) is 13. The fourth-order valence-electron chi connectivity index (χ4n) is 11.3. The Morgan fingerprint density at radius 1 is 0.382 bits per heavy atom. The predicted octanol–water partition coefficient (Wildman–Crippen LogP) is 9.58. The summed E-state index contributed by atoms with van der Waals surface area (Å²) >= 11 is 1.72. The van der Waals surface area contributed by atoms with Gasteiger partial charge in [-0.3, -0.25) is 0 Å². The van der Waals surface area contributed by atoms with Crippen LogP contribution in [0, 0.1) is 38.2 Å². The van der Waals surface area contributed by atoms with Gasteiger partial charge in [-0.25, -0.2) is 37.1 Å². The quantitative estimate of drug-likeness (QED) is 0.0648. The molecular formula is C76H106F3N15O7S. The van der Waals surface area contributed by atoms with Crippen molar-refractivity contribution < 1.29 is 46.6 Å². The molecule has 0 unspecified atom stereocenters. The molecule has 0 saturated carbocycles. The Balaban J connectivity index is 0.000000180. The highest BCUT2D eigenvalue weighted by Gasteiger charge is 2.24. The number of ether oxygens (including phenoxy) is 2. The number of nitrogens with one attached hydrogen (secondary N) is 5. The number of halogens is 3. The average molecular weight is 1430 g/mol. The lowest BCUT2D eigenvalue weighted by atomic mass is 10.1. The summed E-state index contributed by atoms with van der Waals surface area (Å²) in [5.74, 6) is 0.739. The van der Waals surface area contributed by atoms with Gasteiger partial charge < -0.3 is 85.1 Å². The minimum atomic E-state index is -0.417. The number of hydrogen-bond donors (Lipinski definition) is 5. The second-order valence-corrected chi connectivity index (χ2v) is 27.2. The highest BCUT2D eigenvalue weighted by atomic mass is 32.2. The zero-order valence-corrected chi connectivity index (χ0v) is 62.0. The zero-order valence-electron chi connectivity index (χ0n) is 61.2. The predicted molar refractivity (Wildman–Crippen MR) is 398 cm³/mol. The second-order valence-electron chi connectivity index (χ2n) is 26.3. The van der Waals surface area contributed by atoms with E-state index in [1.165, 1.54) is 45.9 Å². The van der Waals surface area contributed by atoms with E-state index in [4.69, 9.17) is 9.47 Å². The third kappa shape index (κ3) is 27.9. The van der Waals surface area contributed by atoms with Crippen molar-refractivity contribution in [1.82, 2.24) is 75.6 Å². The summed E-state index contributed by atoms with van der Waals surface area (Å²) < 4.78 is 51.4. The van der Waals surface area contributed by atoms with Crippen LogP contribution in [-0.4, -0.2) is 259 Å². The SMILES string of the molecule is CN1CCN(C(=O)NCc2ccc(F)cc2)CC1.COc1ccc(Oc2cccc(F)c2CNC(=O)N2CCN(C)CC2)cc1.CSc1ccc(CNC(=O)N2CCN(C)CC2)cc1.Cc1cc(C)cc(CNC(=O)N2CCN(C)CC2)c1.Cc1ccc(CNC(=O)N2CCN(C)CC2)cc1F. The van der Waals surface area contributed by atoms with Crippen LogP contribution in [0.4, 0.5) is 37.1 Å². The number of carbonyl (C=O) groups is 5. The van der Waals surface area contributed by atoms with Gasteiger partial charge in [-0.05, 0) is 157 Å². The molecule has 0 radical (unpaired) electrons. The van der Waals surface area contributed by atoms with E-state index in [0.29, 0.717) is 67.6 Å². The van der Waals surface area contributed by atoms with Crippen LogP contribution < -0.4 is 36.1 Å². The Kier molecular flexibility index (Phi) is 33.1. The first-order valence-electron chi connectivity index (χ1n) is 34.9. The maximum absolute atomic E-state index is 14.3. The third-order valence-corrected chi connectivity index (χ3v) is 18.8. The van der Waals surface area contributed by atoms with Crippen molar-refractivity contribution in [3.05, 3.63) is 189 Å². The number of aryl methyl sites for hydroxylation is 3. The molecule has 6 aromatic carbocycles. The molecule has 5 fully saturated rings. The average Bonchev–Trinajstić information content (AvgIpc) is 0.841. The van der Waals surface area contributed by atoms with Gasteiger partial charge in [-0.15, -0.1) is 11.8 Å². The number of benzene rings is 6. The molecule has 5 aliphatic heterocycles. The summed E-state index contributed by atoms with van der Waals surface area (Å²) in [5.41, 5.74) is 7.40. The molecule has 0 atom stereocenters. The lowest BCUT2D eigenvalue weighted by Gasteiger charge is -2.32. The van der Waals surface area contributed by atoms with E-state index >= 15 is 0 Å². The minimum absolute atomic E-state index is 0.0436. The van der Waals surface area contributed by atoms with Crippen LogP contribution in [0.3, 0.4) is 0 Å². The lowest BCUT2D eigenvalue weighted by molar-refractivity contribution is 0.153. The summed E-state index contributed by atoms with van der Waals surface area (Å²) in [6.07, 6.45) is 2.06. The number of methoxy groups -OCH3 is 1. The van der Waals surface area contributed by atoms with Crippen LogP contribution in [0.5, 0.6) is 17.2 Å². The maximum Gasteiger partial charge on any atom is 0.317 e. The Morgan fingerprint density at radius 2 is 0.725 bits per heavy atom. The summed E-state index contributed by atoms with van der Waals surface area (Å²) in [5, 5.41) is 14.5. The summed E-state index contributed by atoms with van der Waals surface area (Å²) in [6, 6.07) is 37.3. The molecule has 5 N–H and O–H groups in total. The minimum Gasteiger partial charge on any atom is -0.497 e. The summed E-state index contributed by atoms with van der Waals surface area (Å²) in [6.45, 7) is 24.6. The molecule has 0 spiro atoms. The van der Waals surface area contributed by atoms with E-state index in [1.807, 2.05) is 41.9 Å². The van der Waals surface area contributed by atoms with E-state index in [-0.39, 0.29) is 48.3 Å². The Bertz CT molecular complexity index is 3540. The van der Waals surface area contributed by atoms with Gasteiger partial charge in [0.1, 0.15) is 34.7 Å². The summed E-state index contributed by atoms with van der Waals surface area (Å²) in [7, 11) is 11.9. The smallest absolute Gasteiger partial charge is 0.317 e. The number of likely N-dealkylation sites (N-methyl/N-ethyl adjacent to an activating group) is 5. The lowest BCUT2D eigenvalue weighted by Crippen LogP contribution is -2.50. The first-order valence-corrected chi connectivity index (χ1v) is 36.1. The Labute approximate surface area is 605 Å². The van der Waals surface area contributed by atoms with Crippen LogP contribution in [0.2, 0.25) is 0 Å². The second kappa shape index (κ2) is 42.0. The highest BCUT2D eigenvalue weighted by Crippen LogP contribution is 2.29. The molecule has 0 aromatic heterocycles. The van der Waals surface area contributed by atoms with Crippen LogP contribution in [-0.2, 0) is 32.7 Å². The van der Waals surface area contributed by atoms with Crippen LogP contribution in [0.15, 0.2) is 132 Å². The van der Waals surface area contributed by atoms with Gasteiger partial charge in [-0.1, -0.05) is 71.8 Å². The molecule has 554 valence electrons. The van der Waals surface area contributed by atoms with Crippen molar-refractivity contribution in [2.75, 3.05) is 179 Å². The third-order valence-electron chi connectivity index (χ3n) is 18.1. The topological polar surface area (TPSA) is 196 Å². The van der Waals surface area contributed by atoms with Gasteiger partial charge in [0.2, 0.25) is 0 Å². The van der Waals surface area contributed by atoms with Crippen LogP contribution in [0.25, 0.3) is 0 Å². The number of amides is 10. The number of thioether (sulfide) groups is 1. The van der Waals surface area contributed by atoms with Crippen LogP contribution >= 0.6 is 11.8 Å². The fraction of sp³-hybridized carbons (Fsp3) is 0.461. The maximum atomic E-state index is 14.3. The highest BCUT2D eigenvalue weighted by molar-refractivity contribution is 7.98. The van der Waals surface area contributed by atoms with Gasteiger partial charge in [0.25, 0.3) is 0 Å². The van der Waals surface area contributed by atoms with Crippen molar-refractivity contribution in [2.45, 2.75) is 58.4 Å². The van der Waals surface area contributed by atoms with E-state index < -0.39 is 5.82 Å². The molecule has 102 heavy (non-hydrogen) atoms. The molecule has 10 amide bonds. The standard InChI is InChI=1S/C20H24FN3O3.C15H23N3O.C14H20FN3O.C14H21N3OS.C13H18FN3O/c1-23-10-12-24(13-11-23)20(25)22-14-17-18(21)4-3-5-19(17)27-16-8-6-15(26-2)7-9-16;1-12-8-13(2)10-14(9-12)11-16-15(19)18-6-4-17(3)5-7-18;1-11-3-4-12(9-13(11)15)10-16-14(19)18-7-5-17(2)6-8-18;1-16-7-9-17(10-8-16)14(18)15-11-12-3-5-13(19-2)6-4-12;1-16-6-8-17(9-7-16)13(18)15-10-11-2-4-12(14)5-3-11/h3-9H,10-14H2,1-2H3,(H,22,25);8-10H,4-7,11H2,1-3H3,(H,16,19);3-4,9H,5-8,10H2,1-2H3,(H,16,19);3-6H,7-11H2,1-2H3,(H,15,18);2-5H,6-10H2,1H3,(H,15,18). The van der Waals surface area contributed by atoms with Crippen molar-refractivity contribution in [2.24, 2.45) is 0 Å². The largest absolute Gasteiger partial charge is 0.497 e. The molecule has 26 heteroatoms. The number of urea groups is 5. The van der Waals surface area contributed by atoms with Crippen molar-refractivity contribution in [3.63, 3.8) is 0 Å².